The SMILES string of the molecule is N#CC(=C(Cl)c1ccc2c(c1)OCO2)c1ccccc1. The number of allylic oxidation sites excluding steroid dienone is 1. The van der Waals surface area contributed by atoms with Crippen molar-refractivity contribution in [2.75, 3.05) is 6.79 Å². The first-order valence-electron chi connectivity index (χ1n) is 6.05. The molecule has 1 heterocycles. The van der Waals surface area contributed by atoms with Crippen LogP contribution in [0.15, 0.2) is 48.5 Å². The Kier molecular flexibility index (Phi) is 3.32. The van der Waals surface area contributed by atoms with E-state index >= 15 is 0 Å². The summed E-state index contributed by atoms with van der Waals surface area (Å²) in [6, 6.07) is 16.9. The van der Waals surface area contributed by atoms with Gasteiger partial charge >= 0.3 is 0 Å². The first-order chi connectivity index (χ1) is 9.79. The molecule has 3 rings (SSSR count). The highest BCUT2D eigenvalue weighted by molar-refractivity contribution is 6.53. The Morgan fingerprint density at radius 1 is 1.00 bits per heavy atom. The maximum absolute atomic E-state index is 9.36. The molecule has 0 fully saturated rings. The predicted octanol–water partition coefficient (Wildman–Crippen LogP) is 4.05. The molecule has 0 radical (unpaired) electrons. The number of ether oxygens (including phenoxy) is 2. The van der Waals surface area contributed by atoms with E-state index < -0.39 is 0 Å². The minimum absolute atomic E-state index is 0.212. The minimum Gasteiger partial charge on any atom is -0.454 e. The molecule has 0 amide bonds. The molecule has 3 nitrogen and oxygen atoms in total. The molecular formula is C16H10ClNO2. The Balaban J connectivity index is 2.08. The van der Waals surface area contributed by atoms with E-state index in [0.717, 1.165) is 11.1 Å². The summed E-state index contributed by atoms with van der Waals surface area (Å²) in [4.78, 5) is 0. The van der Waals surface area contributed by atoms with Gasteiger partial charge in [-0.2, -0.15) is 5.26 Å². The molecule has 2 aromatic rings. The molecule has 0 bridgehead atoms. The van der Waals surface area contributed by atoms with Crippen molar-refractivity contribution in [3.8, 4) is 17.6 Å². The van der Waals surface area contributed by atoms with Crippen LogP contribution in [-0.4, -0.2) is 6.79 Å². The van der Waals surface area contributed by atoms with Gasteiger partial charge in [-0.15, -0.1) is 0 Å². The number of nitrogens with zero attached hydrogens (tertiary/aromatic N) is 1. The number of fused-ring (bicyclic) bond motifs is 1. The lowest BCUT2D eigenvalue weighted by Gasteiger charge is -2.05. The number of hydrogen-bond donors (Lipinski definition) is 0. The molecule has 0 spiro atoms. The monoisotopic (exact) mass is 283 g/mol. The van der Waals surface area contributed by atoms with Crippen LogP contribution in [0.5, 0.6) is 11.5 Å². The van der Waals surface area contributed by atoms with Gasteiger partial charge in [0, 0.05) is 0 Å². The molecular weight excluding hydrogens is 274 g/mol. The van der Waals surface area contributed by atoms with Crippen molar-refractivity contribution < 1.29 is 9.47 Å². The number of benzene rings is 2. The van der Waals surface area contributed by atoms with Crippen LogP contribution < -0.4 is 9.47 Å². The Hall–Kier alpha value is -2.44. The number of nitriles is 1. The van der Waals surface area contributed by atoms with Crippen LogP contribution in [0.4, 0.5) is 0 Å². The van der Waals surface area contributed by atoms with Gasteiger partial charge in [0.05, 0.1) is 10.6 Å². The van der Waals surface area contributed by atoms with Gasteiger partial charge in [-0.25, -0.2) is 0 Å². The van der Waals surface area contributed by atoms with E-state index in [4.69, 9.17) is 21.1 Å². The van der Waals surface area contributed by atoms with Crippen LogP contribution in [0.1, 0.15) is 11.1 Å². The molecule has 1 aliphatic rings. The third kappa shape index (κ3) is 2.22. The first kappa shape index (κ1) is 12.6. The second kappa shape index (κ2) is 5.28. The Morgan fingerprint density at radius 2 is 1.75 bits per heavy atom. The van der Waals surface area contributed by atoms with Crippen molar-refractivity contribution >= 4 is 22.2 Å². The predicted molar refractivity (Wildman–Crippen MR) is 77.3 cm³/mol. The molecule has 0 aromatic heterocycles. The number of hydrogen-bond acceptors (Lipinski definition) is 3. The van der Waals surface area contributed by atoms with E-state index in [0.29, 0.717) is 22.1 Å². The average molecular weight is 284 g/mol. The second-order valence-electron chi connectivity index (χ2n) is 4.23. The highest BCUT2D eigenvalue weighted by Crippen LogP contribution is 2.37. The van der Waals surface area contributed by atoms with E-state index in [1.807, 2.05) is 36.4 Å². The summed E-state index contributed by atoms with van der Waals surface area (Å²) in [5, 5.41) is 9.76. The first-order valence-corrected chi connectivity index (χ1v) is 6.42. The molecule has 4 heteroatoms. The normalized spacial score (nSPS) is 13.6. The van der Waals surface area contributed by atoms with Gasteiger partial charge < -0.3 is 9.47 Å². The van der Waals surface area contributed by atoms with Crippen molar-refractivity contribution in [1.29, 1.82) is 5.26 Å². The molecule has 98 valence electrons. The van der Waals surface area contributed by atoms with Crippen LogP contribution in [0.2, 0.25) is 0 Å². The third-order valence-electron chi connectivity index (χ3n) is 3.02. The fraction of sp³-hybridized carbons (Fsp3) is 0.0625. The zero-order valence-electron chi connectivity index (χ0n) is 10.5. The summed E-state index contributed by atoms with van der Waals surface area (Å²) in [5.74, 6) is 1.34. The van der Waals surface area contributed by atoms with Crippen molar-refractivity contribution in [2.45, 2.75) is 0 Å². The zero-order valence-corrected chi connectivity index (χ0v) is 11.2. The van der Waals surface area contributed by atoms with Crippen LogP contribution in [0, 0.1) is 11.3 Å². The van der Waals surface area contributed by atoms with Crippen molar-refractivity contribution in [3.05, 3.63) is 59.7 Å². The van der Waals surface area contributed by atoms with Gasteiger partial charge in [0.25, 0.3) is 0 Å². The van der Waals surface area contributed by atoms with E-state index in [1.54, 1.807) is 12.1 Å². The maximum atomic E-state index is 9.36. The average Bonchev–Trinajstić information content (AvgIpc) is 2.96. The molecule has 1 aliphatic heterocycles. The fourth-order valence-electron chi connectivity index (χ4n) is 2.02. The lowest BCUT2D eigenvalue weighted by atomic mass is 10.0. The summed E-state index contributed by atoms with van der Waals surface area (Å²) < 4.78 is 10.6. The summed E-state index contributed by atoms with van der Waals surface area (Å²) in [6.45, 7) is 0.212. The zero-order chi connectivity index (χ0) is 13.9. The number of halogens is 1. The molecule has 20 heavy (non-hydrogen) atoms. The van der Waals surface area contributed by atoms with E-state index in [9.17, 15) is 5.26 Å². The lowest BCUT2D eigenvalue weighted by Crippen LogP contribution is -1.92. The molecule has 0 N–H and O–H groups in total. The van der Waals surface area contributed by atoms with E-state index in [2.05, 4.69) is 6.07 Å². The summed E-state index contributed by atoms with van der Waals surface area (Å²) in [7, 11) is 0. The van der Waals surface area contributed by atoms with Gasteiger partial charge in [0.15, 0.2) is 11.5 Å². The fourth-order valence-corrected chi connectivity index (χ4v) is 2.29. The molecule has 0 atom stereocenters. The lowest BCUT2D eigenvalue weighted by molar-refractivity contribution is 0.174. The van der Waals surface area contributed by atoms with Gasteiger partial charge in [0.2, 0.25) is 6.79 Å². The van der Waals surface area contributed by atoms with E-state index in [-0.39, 0.29) is 6.79 Å². The molecule has 2 aromatic carbocycles. The minimum atomic E-state index is 0.212. The highest BCUT2D eigenvalue weighted by atomic mass is 35.5. The van der Waals surface area contributed by atoms with Crippen molar-refractivity contribution in [3.63, 3.8) is 0 Å². The van der Waals surface area contributed by atoms with Crippen LogP contribution >= 0.6 is 11.6 Å². The molecule has 0 saturated heterocycles. The van der Waals surface area contributed by atoms with Crippen molar-refractivity contribution in [1.82, 2.24) is 0 Å². The number of rotatable bonds is 2. The van der Waals surface area contributed by atoms with Gasteiger partial charge in [-0.1, -0.05) is 41.9 Å². The molecule has 0 unspecified atom stereocenters. The molecule has 0 aliphatic carbocycles. The quantitative estimate of drug-likeness (QED) is 0.617. The third-order valence-corrected chi connectivity index (χ3v) is 3.43. The van der Waals surface area contributed by atoms with Crippen LogP contribution in [0.3, 0.4) is 0 Å². The Labute approximate surface area is 121 Å². The Bertz CT molecular complexity index is 717. The van der Waals surface area contributed by atoms with E-state index in [1.165, 1.54) is 0 Å². The smallest absolute Gasteiger partial charge is 0.231 e. The van der Waals surface area contributed by atoms with Gasteiger partial charge in [-0.3, -0.25) is 0 Å². The second-order valence-corrected chi connectivity index (χ2v) is 4.61. The van der Waals surface area contributed by atoms with Crippen molar-refractivity contribution in [2.24, 2.45) is 0 Å². The summed E-state index contributed by atoms with van der Waals surface area (Å²) in [5.41, 5.74) is 1.96. The standard InChI is InChI=1S/C16H10ClNO2/c17-16(13(9-18)11-4-2-1-3-5-11)12-6-7-14-15(8-12)20-10-19-14/h1-8H,10H2. The van der Waals surface area contributed by atoms with Gasteiger partial charge in [-0.05, 0) is 29.3 Å². The largest absolute Gasteiger partial charge is 0.454 e. The van der Waals surface area contributed by atoms with Crippen LogP contribution in [-0.2, 0) is 0 Å². The summed E-state index contributed by atoms with van der Waals surface area (Å²) in [6.07, 6.45) is 0. The molecule has 0 saturated carbocycles. The van der Waals surface area contributed by atoms with Gasteiger partial charge in [0.1, 0.15) is 6.07 Å². The highest BCUT2D eigenvalue weighted by Gasteiger charge is 2.16. The topological polar surface area (TPSA) is 42.2 Å². The Morgan fingerprint density at radius 3 is 2.50 bits per heavy atom. The maximum Gasteiger partial charge on any atom is 0.231 e. The van der Waals surface area contributed by atoms with Crippen LogP contribution in [0.25, 0.3) is 10.6 Å². The summed E-state index contributed by atoms with van der Waals surface area (Å²) >= 11 is 6.37.